The number of benzene rings is 2. The third kappa shape index (κ3) is 5.65. The molecule has 11 nitrogen and oxygen atoms in total. The number of piperidine rings is 1. The Hall–Kier alpha value is -4.84. The first-order chi connectivity index (χ1) is 20.7. The molecule has 43 heavy (non-hydrogen) atoms. The van der Waals surface area contributed by atoms with Crippen molar-refractivity contribution in [2.24, 2.45) is 11.7 Å². The lowest BCUT2D eigenvalue weighted by Gasteiger charge is -2.34. The number of nitrogens with two attached hydrogens (primary N) is 1. The number of primary amides is 1. The average Bonchev–Trinajstić information content (AvgIpc) is 3.68. The molecule has 1 aliphatic carbocycles. The third-order valence-electron chi connectivity index (χ3n) is 8.25. The summed E-state index contributed by atoms with van der Waals surface area (Å²) in [4.78, 5) is 45.4. The molecule has 4 atom stereocenters. The summed E-state index contributed by atoms with van der Waals surface area (Å²) in [6, 6.07) is 15.8. The average molecular weight is 586 g/mol. The highest BCUT2D eigenvalue weighted by Crippen LogP contribution is 2.43. The Morgan fingerprint density at radius 1 is 1.12 bits per heavy atom. The molecule has 1 saturated carbocycles. The smallest absolute Gasteiger partial charge is 0.269 e. The molecule has 2 fully saturated rings. The van der Waals surface area contributed by atoms with Crippen LogP contribution in [-0.2, 0) is 22.6 Å². The highest BCUT2D eigenvalue weighted by Gasteiger charge is 2.51. The number of carbonyl (C=O) groups is 3. The van der Waals surface area contributed by atoms with Crippen LogP contribution in [0.2, 0.25) is 0 Å². The number of pyridine rings is 1. The molecule has 12 heteroatoms. The van der Waals surface area contributed by atoms with Crippen LogP contribution in [0.3, 0.4) is 0 Å². The number of aliphatic hydroxyl groups excluding tert-OH is 1. The highest BCUT2D eigenvalue weighted by molar-refractivity contribution is 6.05. The minimum Gasteiger partial charge on any atom is -0.373 e. The predicted molar refractivity (Wildman–Crippen MR) is 157 cm³/mol. The largest absolute Gasteiger partial charge is 0.373 e. The summed E-state index contributed by atoms with van der Waals surface area (Å²) in [5.41, 5.74) is 7.68. The summed E-state index contributed by atoms with van der Waals surface area (Å²) in [6.07, 6.45) is 1.35. The number of aliphatic hydroxyl groups is 1. The van der Waals surface area contributed by atoms with Crippen LogP contribution in [0, 0.1) is 18.7 Å². The van der Waals surface area contributed by atoms with Crippen LogP contribution in [0.5, 0.6) is 0 Å². The molecule has 1 aliphatic heterocycles. The van der Waals surface area contributed by atoms with Crippen LogP contribution in [-0.4, -0.2) is 60.8 Å². The molecule has 1 unspecified atom stereocenters. The molecule has 2 aromatic carbocycles. The summed E-state index contributed by atoms with van der Waals surface area (Å²) in [7, 11) is 0. The number of fused-ring (bicyclic) bond motifs is 3. The zero-order valence-corrected chi connectivity index (χ0v) is 23.5. The molecular weight excluding hydrogens is 553 g/mol. The number of anilines is 2. The molecule has 0 spiro atoms. The van der Waals surface area contributed by atoms with Crippen molar-refractivity contribution >= 4 is 40.1 Å². The number of hydrogen-bond acceptors (Lipinski definition) is 7. The van der Waals surface area contributed by atoms with E-state index in [9.17, 15) is 23.9 Å². The lowest BCUT2D eigenvalue weighted by atomic mass is 9.97. The molecule has 3 heterocycles. The lowest BCUT2D eigenvalue weighted by Crippen LogP contribution is -2.52. The number of rotatable bonds is 9. The quantitative estimate of drug-likeness (QED) is 0.220. The maximum Gasteiger partial charge on any atom is 0.269 e. The van der Waals surface area contributed by atoms with Crippen LogP contribution in [0.4, 0.5) is 15.9 Å². The molecule has 4 aromatic rings. The summed E-state index contributed by atoms with van der Waals surface area (Å²) in [5.74, 6) is -1.26. The van der Waals surface area contributed by atoms with E-state index in [0.29, 0.717) is 28.0 Å². The fourth-order valence-corrected chi connectivity index (χ4v) is 6.39. The standard InChI is InChI=1S/C31H32FN7O4/c1-17-5-4-8-25(34-17)36-31(43)29-19-9-11-21(13-19)39(29)27(41)16-38-24-12-10-20(15-22(24)28(37-38)30(33)42)35-26(40)14-18-6-2-3-7-23(18)32/h2-8,10,12,15,19,21,26,29,35,40H,9,11,13-14,16H2,1H3,(H2,33,42)(H,34,36,43)/t19-,21+,26?,29-/m0/s1. The number of aromatic nitrogens is 3. The molecule has 0 radical (unpaired) electrons. The van der Waals surface area contributed by atoms with Crippen molar-refractivity contribution in [3.05, 3.63) is 83.4 Å². The van der Waals surface area contributed by atoms with Crippen LogP contribution >= 0.6 is 0 Å². The summed E-state index contributed by atoms with van der Waals surface area (Å²) in [5, 5.41) is 21.1. The van der Waals surface area contributed by atoms with Gasteiger partial charge in [-0.2, -0.15) is 5.10 Å². The van der Waals surface area contributed by atoms with E-state index in [1.807, 2.05) is 19.1 Å². The summed E-state index contributed by atoms with van der Waals surface area (Å²) in [6.45, 7) is 1.65. The number of hydrogen-bond donors (Lipinski definition) is 4. The first kappa shape index (κ1) is 28.3. The zero-order valence-electron chi connectivity index (χ0n) is 23.5. The highest BCUT2D eigenvalue weighted by atomic mass is 19.1. The van der Waals surface area contributed by atoms with E-state index < -0.39 is 24.0 Å². The van der Waals surface area contributed by atoms with Gasteiger partial charge in [-0.3, -0.25) is 19.1 Å². The Bertz CT molecular complexity index is 1720. The molecule has 1 saturated heterocycles. The molecule has 2 aromatic heterocycles. The first-order valence-corrected chi connectivity index (χ1v) is 14.2. The van der Waals surface area contributed by atoms with Crippen LogP contribution < -0.4 is 16.4 Å². The van der Waals surface area contributed by atoms with Crippen molar-refractivity contribution in [2.75, 3.05) is 10.6 Å². The fraction of sp³-hybridized carbons (Fsp3) is 0.323. The maximum absolute atomic E-state index is 14.0. The van der Waals surface area contributed by atoms with Crippen LogP contribution in [0.15, 0.2) is 60.7 Å². The van der Waals surface area contributed by atoms with Crippen molar-refractivity contribution < 1.29 is 23.9 Å². The minimum absolute atomic E-state index is 0.0217. The van der Waals surface area contributed by atoms with E-state index in [2.05, 4.69) is 20.7 Å². The van der Waals surface area contributed by atoms with E-state index in [-0.39, 0.29) is 42.4 Å². The van der Waals surface area contributed by atoms with E-state index >= 15 is 0 Å². The van der Waals surface area contributed by atoms with Gasteiger partial charge in [-0.25, -0.2) is 9.37 Å². The molecule has 3 amide bonds. The second-order valence-electron chi connectivity index (χ2n) is 11.2. The second-order valence-corrected chi connectivity index (χ2v) is 11.2. The lowest BCUT2D eigenvalue weighted by molar-refractivity contribution is -0.141. The first-order valence-electron chi connectivity index (χ1n) is 14.2. The Labute approximate surface area is 246 Å². The van der Waals surface area contributed by atoms with Crippen molar-refractivity contribution in [3.8, 4) is 0 Å². The van der Waals surface area contributed by atoms with Gasteiger partial charge < -0.3 is 26.4 Å². The van der Waals surface area contributed by atoms with E-state index in [0.717, 1.165) is 25.0 Å². The number of halogens is 1. The van der Waals surface area contributed by atoms with Crippen LogP contribution in [0.25, 0.3) is 10.9 Å². The third-order valence-corrected chi connectivity index (χ3v) is 8.25. The van der Waals surface area contributed by atoms with E-state index in [1.54, 1.807) is 47.4 Å². The SMILES string of the molecule is Cc1cccc(NC(=O)[C@@H]2[C@H]3CC[C@H](C3)N2C(=O)Cn2nc(C(N)=O)c3cc(NC(O)Cc4ccccc4F)ccc32)n1. The number of aryl methyl sites for hydroxylation is 1. The van der Waals surface area contributed by atoms with E-state index in [1.165, 1.54) is 10.7 Å². The Morgan fingerprint density at radius 3 is 2.70 bits per heavy atom. The van der Waals surface area contributed by atoms with Crippen molar-refractivity contribution in [3.63, 3.8) is 0 Å². The van der Waals surface area contributed by atoms with Gasteiger partial charge in [0.1, 0.15) is 30.4 Å². The second kappa shape index (κ2) is 11.4. The van der Waals surface area contributed by atoms with Gasteiger partial charge in [-0.05, 0) is 74.1 Å². The monoisotopic (exact) mass is 585 g/mol. The molecular formula is C31H32FN7O4. The van der Waals surface area contributed by atoms with Crippen LogP contribution in [0.1, 0.15) is 41.0 Å². The minimum atomic E-state index is -1.10. The van der Waals surface area contributed by atoms with Crippen molar-refractivity contribution in [1.82, 2.24) is 19.7 Å². The van der Waals surface area contributed by atoms with Gasteiger partial charge >= 0.3 is 0 Å². The fourth-order valence-electron chi connectivity index (χ4n) is 6.39. The maximum atomic E-state index is 14.0. The molecule has 5 N–H and O–H groups in total. The number of likely N-dealkylation sites (tertiary alicyclic amines) is 1. The van der Waals surface area contributed by atoms with Gasteiger partial charge in [-0.1, -0.05) is 24.3 Å². The van der Waals surface area contributed by atoms with Gasteiger partial charge in [0.2, 0.25) is 11.8 Å². The number of nitrogens with one attached hydrogen (secondary N) is 2. The van der Waals surface area contributed by atoms with Crippen molar-refractivity contribution in [2.45, 2.75) is 57.5 Å². The molecule has 2 bridgehead atoms. The summed E-state index contributed by atoms with van der Waals surface area (Å²) >= 11 is 0. The molecule has 2 aliphatic rings. The Kier molecular flexibility index (Phi) is 7.53. The van der Waals surface area contributed by atoms with Gasteiger partial charge in [-0.15, -0.1) is 0 Å². The topological polar surface area (TPSA) is 155 Å². The Balaban J connectivity index is 1.21. The van der Waals surface area contributed by atoms with Gasteiger partial charge in [0, 0.05) is 29.2 Å². The Morgan fingerprint density at radius 2 is 1.93 bits per heavy atom. The normalized spacial score (nSPS) is 19.9. The van der Waals surface area contributed by atoms with E-state index in [4.69, 9.17) is 5.73 Å². The van der Waals surface area contributed by atoms with Gasteiger partial charge in [0.05, 0.1) is 5.52 Å². The van der Waals surface area contributed by atoms with Crippen molar-refractivity contribution in [1.29, 1.82) is 0 Å². The molecule has 6 rings (SSSR count). The number of amides is 3. The predicted octanol–water partition coefficient (Wildman–Crippen LogP) is 2.97. The zero-order chi connectivity index (χ0) is 30.2. The number of nitrogens with zero attached hydrogens (tertiary/aromatic N) is 4. The summed E-state index contributed by atoms with van der Waals surface area (Å²) < 4.78 is 15.4. The molecule has 222 valence electrons. The van der Waals surface area contributed by atoms with Gasteiger partial charge in [0.15, 0.2) is 5.69 Å². The van der Waals surface area contributed by atoms with Gasteiger partial charge in [0.25, 0.3) is 5.91 Å². The number of carbonyl (C=O) groups excluding carboxylic acids is 3.